The summed E-state index contributed by atoms with van der Waals surface area (Å²) in [7, 11) is 0. The van der Waals surface area contributed by atoms with Crippen molar-refractivity contribution in [2.45, 2.75) is 31.8 Å². The first kappa shape index (κ1) is 19.7. The van der Waals surface area contributed by atoms with Crippen LogP contribution in [0, 0.1) is 0 Å². The number of aromatic nitrogens is 4. The first-order chi connectivity index (χ1) is 15.2. The second-order valence-electron chi connectivity index (χ2n) is 7.79. The number of amides is 1. The minimum Gasteiger partial charge on any atom is -0.340 e. The van der Waals surface area contributed by atoms with Crippen molar-refractivity contribution in [3.05, 3.63) is 70.5 Å². The molecule has 8 heteroatoms. The number of nitrogens with zero attached hydrogens (tertiary/aromatic N) is 5. The number of carbonyl (C=O) groups excluding carboxylic acids is 1. The van der Waals surface area contributed by atoms with Crippen LogP contribution in [0.4, 0.5) is 0 Å². The first-order valence-electron chi connectivity index (χ1n) is 10.5. The topological polar surface area (TPSA) is 73.0 Å². The molecule has 0 unspecified atom stereocenters. The first-order valence-corrected chi connectivity index (χ1v) is 11.4. The van der Waals surface area contributed by atoms with Crippen molar-refractivity contribution in [2.24, 2.45) is 0 Å². The molecule has 1 atom stereocenters. The molecule has 0 bridgehead atoms. The summed E-state index contributed by atoms with van der Waals surface area (Å²) in [6.45, 7) is 1.77. The average molecular weight is 434 g/mol. The van der Waals surface area contributed by atoms with Crippen LogP contribution in [0.1, 0.15) is 25.3 Å². The van der Waals surface area contributed by atoms with Crippen LogP contribution in [0.25, 0.3) is 21.5 Å². The van der Waals surface area contributed by atoms with Gasteiger partial charge in [-0.1, -0.05) is 24.3 Å². The molecule has 1 aromatic carbocycles. The van der Waals surface area contributed by atoms with Gasteiger partial charge in [0.1, 0.15) is 5.69 Å². The van der Waals surface area contributed by atoms with Gasteiger partial charge in [-0.25, -0.2) is 4.68 Å². The summed E-state index contributed by atoms with van der Waals surface area (Å²) in [5, 5.41) is 12.1. The van der Waals surface area contributed by atoms with Crippen LogP contribution in [0.5, 0.6) is 0 Å². The van der Waals surface area contributed by atoms with E-state index < -0.39 is 0 Å². The summed E-state index contributed by atoms with van der Waals surface area (Å²) >= 11 is 1.60. The molecule has 7 nitrogen and oxygen atoms in total. The van der Waals surface area contributed by atoms with E-state index in [0.29, 0.717) is 26.1 Å². The third-order valence-electron chi connectivity index (χ3n) is 5.78. The number of hydrogen-bond donors (Lipinski definition) is 0. The number of aryl methyl sites for hydroxylation is 1. The van der Waals surface area contributed by atoms with E-state index in [9.17, 15) is 9.59 Å². The van der Waals surface area contributed by atoms with Gasteiger partial charge in [-0.3, -0.25) is 14.3 Å². The Morgan fingerprint density at radius 2 is 2.03 bits per heavy atom. The minimum atomic E-state index is -0.123. The number of thiophene rings is 1. The summed E-state index contributed by atoms with van der Waals surface area (Å²) < 4.78 is 3.45. The largest absolute Gasteiger partial charge is 0.340 e. The average Bonchev–Trinajstić information content (AvgIpc) is 3.48. The van der Waals surface area contributed by atoms with E-state index in [0.717, 1.165) is 34.3 Å². The smallest absolute Gasteiger partial charge is 0.267 e. The second-order valence-corrected chi connectivity index (χ2v) is 8.74. The van der Waals surface area contributed by atoms with E-state index in [4.69, 9.17) is 0 Å². The van der Waals surface area contributed by atoms with E-state index in [1.165, 1.54) is 0 Å². The van der Waals surface area contributed by atoms with Crippen molar-refractivity contribution >= 4 is 28.1 Å². The fourth-order valence-electron chi connectivity index (χ4n) is 4.19. The molecule has 0 N–H and O–H groups in total. The van der Waals surface area contributed by atoms with Gasteiger partial charge in [0.2, 0.25) is 5.91 Å². The number of likely N-dealkylation sites (tertiary alicyclic amines) is 1. The van der Waals surface area contributed by atoms with E-state index in [1.54, 1.807) is 28.2 Å². The van der Waals surface area contributed by atoms with Crippen LogP contribution in [-0.2, 0) is 11.3 Å². The molecule has 0 saturated carbocycles. The number of piperidine rings is 1. The molecule has 1 aliphatic rings. The summed E-state index contributed by atoms with van der Waals surface area (Å²) in [4.78, 5) is 28.3. The summed E-state index contributed by atoms with van der Waals surface area (Å²) in [6.07, 6.45) is 3.91. The lowest BCUT2D eigenvalue weighted by Crippen LogP contribution is -2.43. The van der Waals surface area contributed by atoms with Gasteiger partial charge < -0.3 is 4.90 Å². The molecule has 4 aromatic rings. The molecule has 3 aromatic heterocycles. The van der Waals surface area contributed by atoms with Crippen LogP contribution < -0.4 is 5.56 Å². The van der Waals surface area contributed by atoms with Crippen molar-refractivity contribution in [1.29, 1.82) is 0 Å². The number of benzene rings is 1. The zero-order valence-corrected chi connectivity index (χ0v) is 17.9. The van der Waals surface area contributed by atoms with Gasteiger partial charge in [0.25, 0.3) is 5.56 Å². The highest BCUT2D eigenvalue weighted by Crippen LogP contribution is 2.24. The van der Waals surface area contributed by atoms with Gasteiger partial charge in [0.05, 0.1) is 29.2 Å². The van der Waals surface area contributed by atoms with E-state index >= 15 is 0 Å². The molecule has 0 aliphatic carbocycles. The predicted molar refractivity (Wildman–Crippen MR) is 121 cm³/mol. The maximum atomic E-state index is 12.9. The van der Waals surface area contributed by atoms with Gasteiger partial charge in [0, 0.05) is 31.0 Å². The number of carbonyl (C=O) groups is 1. The number of hydrogen-bond acceptors (Lipinski definition) is 5. The van der Waals surface area contributed by atoms with Crippen LogP contribution in [0.15, 0.2) is 64.9 Å². The molecule has 4 heterocycles. The van der Waals surface area contributed by atoms with Crippen molar-refractivity contribution in [3.8, 4) is 10.6 Å². The van der Waals surface area contributed by atoms with Crippen molar-refractivity contribution in [1.82, 2.24) is 24.5 Å². The Bertz CT molecular complexity index is 1260. The second kappa shape index (κ2) is 8.47. The lowest BCUT2D eigenvalue weighted by molar-refractivity contribution is -0.133. The summed E-state index contributed by atoms with van der Waals surface area (Å²) in [6, 6.07) is 15.2. The lowest BCUT2D eigenvalue weighted by atomic mass is 10.1. The molecule has 0 radical (unpaired) electrons. The number of para-hydroxylation sites is 1. The Morgan fingerprint density at radius 1 is 1.13 bits per heavy atom. The Morgan fingerprint density at radius 3 is 2.90 bits per heavy atom. The molecule has 31 heavy (non-hydrogen) atoms. The lowest BCUT2D eigenvalue weighted by Gasteiger charge is -2.33. The molecule has 0 spiro atoms. The highest BCUT2D eigenvalue weighted by molar-refractivity contribution is 7.13. The monoisotopic (exact) mass is 433 g/mol. The molecule has 1 fully saturated rings. The van der Waals surface area contributed by atoms with E-state index in [-0.39, 0.29) is 17.5 Å². The Balaban J connectivity index is 1.28. The van der Waals surface area contributed by atoms with E-state index in [2.05, 4.69) is 10.2 Å². The normalized spacial score (nSPS) is 16.6. The van der Waals surface area contributed by atoms with Gasteiger partial charge in [-0.05, 0) is 36.4 Å². The van der Waals surface area contributed by atoms with Gasteiger partial charge >= 0.3 is 0 Å². The third kappa shape index (κ3) is 4.03. The Hall–Kier alpha value is -3.26. The molecule has 1 saturated heterocycles. The highest BCUT2D eigenvalue weighted by Gasteiger charge is 2.26. The number of fused-ring (bicyclic) bond motifs is 1. The van der Waals surface area contributed by atoms with Crippen LogP contribution in [0.2, 0.25) is 0 Å². The van der Waals surface area contributed by atoms with Crippen molar-refractivity contribution in [2.75, 3.05) is 13.1 Å². The Labute approximate surface area is 183 Å². The maximum absolute atomic E-state index is 12.9. The summed E-state index contributed by atoms with van der Waals surface area (Å²) in [5.41, 5.74) is 1.71. The number of rotatable bonds is 5. The standard InChI is InChI=1S/C23H23N5O2S/c29-22(11-13-27-20-7-2-1-5-17(20)15-24-27)26-12-3-6-18(16-26)28-23(30)10-9-19(25-28)21-8-4-14-31-21/h1-2,4-5,7-10,14-15,18H,3,6,11-13,16H2/t18-/m1/s1. The molecule has 1 aliphatic heterocycles. The third-order valence-corrected chi connectivity index (χ3v) is 6.67. The van der Waals surface area contributed by atoms with Crippen LogP contribution in [-0.4, -0.2) is 43.5 Å². The quantitative estimate of drug-likeness (QED) is 0.482. The maximum Gasteiger partial charge on any atom is 0.267 e. The van der Waals surface area contributed by atoms with Crippen molar-refractivity contribution < 1.29 is 4.79 Å². The zero-order valence-electron chi connectivity index (χ0n) is 17.1. The van der Waals surface area contributed by atoms with Crippen molar-refractivity contribution in [3.63, 3.8) is 0 Å². The van der Waals surface area contributed by atoms with Crippen LogP contribution >= 0.6 is 11.3 Å². The molecule has 5 rings (SSSR count). The van der Waals surface area contributed by atoms with Gasteiger partial charge in [0.15, 0.2) is 0 Å². The summed E-state index contributed by atoms with van der Waals surface area (Å²) in [5.74, 6) is 0.0896. The van der Waals surface area contributed by atoms with Gasteiger partial charge in [-0.15, -0.1) is 11.3 Å². The molecule has 158 valence electrons. The Kier molecular flexibility index (Phi) is 5.38. The molecular weight excluding hydrogens is 410 g/mol. The SMILES string of the molecule is O=C(CCn1ncc2ccccc21)N1CCC[C@@H](n2nc(-c3cccs3)ccc2=O)C1. The fourth-order valence-corrected chi connectivity index (χ4v) is 4.88. The fraction of sp³-hybridized carbons (Fsp3) is 0.304. The zero-order chi connectivity index (χ0) is 21.2. The van der Waals surface area contributed by atoms with E-state index in [1.807, 2.05) is 57.6 Å². The van der Waals surface area contributed by atoms with Gasteiger partial charge in [-0.2, -0.15) is 10.2 Å². The highest BCUT2D eigenvalue weighted by atomic mass is 32.1. The minimum absolute atomic E-state index is 0.0896. The molecular formula is C23H23N5O2S. The molecule has 1 amide bonds. The van der Waals surface area contributed by atoms with Crippen LogP contribution in [0.3, 0.4) is 0 Å². The predicted octanol–water partition coefficient (Wildman–Crippen LogP) is 3.58.